The predicted molar refractivity (Wildman–Crippen MR) is 86.9 cm³/mol. The summed E-state index contributed by atoms with van der Waals surface area (Å²) in [6.45, 7) is 4.63. The zero-order chi connectivity index (χ0) is 14.0. The molecule has 0 radical (unpaired) electrons. The van der Waals surface area contributed by atoms with Gasteiger partial charge in [0, 0.05) is 11.5 Å². The lowest BCUT2D eigenvalue weighted by molar-refractivity contribution is -0.143. The molecule has 1 rings (SSSR count). The van der Waals surface area contributed by atoms with Crippen molar-refractivity contribution in [3.05, 3.63) is 0 Å². The van der Waals surface area contributed by atoms with Crippen LogP contribution < -0.4 is 0 Å². The highest BCUT2D eigenvalue weighted by Crippen LogP contribution is 2.50. The maximum Gasteiger partial charge on any atom is 0.308 e. The lowest BCUT2D eigenvalue weighted by atomic mass is 10.1. The second-order valence-electron chi connectivity index (χ2n) is 5.11. The van der Waals surface area contributed by atoms with E-state index in [1.165, 1.54) is 50.0 Å². The number of carbonyl (C=O) groups excluding carboxylic acids is 1. The molecule has 0 aromatic heterocycles. The van der Waals surface area contributed by atoms with Crippen LogP contribution in [-0.2, 0) is 9.53 Å². The van der Waals surface area contributed by atoms with Crippen molar-refractivity contribution in [2.75, 3.05) is 18.1 Å². The Morgan fingerprint density at radius 2 is 1.68 bits per heavy atom. The zero-order valence-corrected chi connectivity index (χ0v) is 14.0. The minimum atomic E-state index is -0.0182. The smallest absolute Gasteiger partial charge is 0.308 e. The van der Waals surface area contributed by atoms with Crippen LogP contribution in [-0.4, -0.2) is 28.2 Å². The Morgan fingerprint density at radius 3 is 2.32 bits per heavy atom. The van der Waals surface area contributed by atoms with Crippen molar-refractivity contribution in [3.8, 4) is 0 Å². The monoisotopic (exact) mass is 304 g/mol. The van der Waals surface area contributed by atoms with E-state index in [1.807, 2.05) is 30.4 Å². The molecule has 1 fully saturated rings. The zero-order valence-electron chi connectivity index (χ0n) is 12.4. The molecule has 0 atom stereocenters. The fourth-order valence-corrected chi connectivity index (χ4v) is 5.70. The Balaban J connectivity index is 2.25. The Kier molecular flexibility index (Phi) is 9.04. The molecule has 0 N–H and O–H groups in total. The van der Waals surface area contributed by atoms with Gasteiger partial charge in [-0.15, -0.1) is 23.5 Å². The molecule has 0 amide bonds. The third kappa shape index (κ3) is 6.94. The molecule has 19 heavy (non-hydrogen) atoms. The van der Waals surface area contributed by atoms with Crippen molar-refractivity contribution >= 4 is 29.5 Å². The highest BCUT2D eigenvalue weighted by Gasteiger charge is 2.37. The van der Waals surface area contributed by atoms with Crippen LogP contribution in [0.3, 0.4) is 0 Å². The van der Waals surface area contributed by atoms with Crippen LogP contribution in [0, 0.1) is 0 Å². The molecule has 0 saturated carbocycles. The lowest BCUT2D eigenvalue weighted by Crippen LogP contribution is -2.23. The van der Waals surface area contributed by atoms with Crippen LogP contribution in [0.4, 0.5) is 0 Å². The molecule has 0 spiro atoms. The van der Waals surface area contributed by atoms with Gasteiger partial charge < -0.3 is 4.74 Å². The molecular weight excluding hydrogens is 276 g/mol. The van der Waals surface area contributed by atoms with Gasteiger partial charge in [-0.1, -0.05) is 45.4 Å². The first-order valence-electron chi connectivity index (χ1n) is 7.66. The van der Waals surface area contributed by atoms with Gasteiger partial charge in [-0.05, 0) is 13.3 Å². The van der Waals surface area contributed by atoms with Gasteiger partial charge in [0.25, 0.3) is 0 Å². The van der Waals surface area contributed by atoms with Crippen molar-refractivity contribution in [2.24, 2.45) is 0 Å². The highest BCUT2D eigenvalue weighted by molar-refractivity contribution is 8.21. The van der Waals surface area contributed by atoms with Crippen molar-refractivity contribution in [1.29, 1.82) is 0 Å². The van der Waals surface area contributed by atoms with Crippen LogP contribution in [0.2, 0.25) is 0 Å². The van der Waals surface area contributed by atoms with Crippen LogP contribution in [0.5, 0.6) is 0 Å². The third-order valence-corrected chi connectivity index (χ3v) is 6.97. The van der Waals surface area contributed by atoms with Gasteiger partial charge in [0.05, 0.1) is 17.1 Å². The number of hydrogen-bond acceptors (Lipinski definition) is 4. The van der Waals surface area contributed by atoms with Crippen molar-refractivity contribution < 1.29 is 9.53 Å². The van der Waals surface area contributed by atoms with E-state index < -0.39 is 0 Å². The summed E-state index contributed by atoms with van der Waals surface area (Å²) in [4.78, 5) is 11.7. The fourth-order valence-electron chi connectivity index (χ4n) is 2.44. The number of hydrogen-bond donors (Lipinski definition) is 0. The SMILES string of the molecule is CCCCCCCCC1(CC(=O)OCC)SCCS1. The quantitative estimate of drug-likeness (QED) is 0.425. The topological polar surface area (TPSA) is 26.3 Å². The minimum Gasteiger partial charge on any atom is -0.466 e. The molecule has 0 aromatic carbocycles. The van der Waals surface area contributed by atoms with Crippen molar-refractivity contribution in [3.63, 3.8) is 0 Å². The lowest BCUT2D eigenvalue weighted by Gasteiger charge is -2.26. The van der Waals surface area contributed by atoms with E-state index in [-0.39, 0.29) is 10.0 Å². The maximum absolute atomic E-state index is 11.7. The van der Waals surface area contributed by atoms with Crippen LogP contribution in [0.25, 0.3) is 0 Å². The molecule has 2 nitrogen and oxygen atoms in total. The molecule has 0 aliphatic carbocycles. The third-order valence-electron chi connectivity index (χ3n) is 3.44. The summed E-state index contributed by atoms with van der Waals surface area (Å²) in [5, 5.41) is 0. The predicted octanol–water partition coefficient (Wildman–Crippen LogP) is 4.87. The summed E-state index contributed by atoms with van der Waals surface area (Å²) in [5.41, 5.74) is 0. The number of ether oxygens (including phenoxy) is 1. The Hall–Kier alpha value is 0.170. The first-order chi connectivity index (χ1) is 9.22. The fraction of sp³-hybridized carbons (Fsp3) is 0.933. The standard InChI is InChI=1S/C15H28O2S2/c1-3-5-6-7-8-9-10-15(18-11-12-19-15)13-14(16)17-4-2/h3-13H2,1-2H3. The normalized spacial score (nSPS) is 17.6. The number of carbonyl (C=O) groups is 1. The summed E-state index contributed by atoms with van der Waals surface area (Å²) >= 11 is 3.95. The molecule has 1 saturated heterocycles. The van der Waals surface area contributed by atoms with E-state index in [0.29, 0.717) is 13.0 Å². The van der Waals surface area contributed by atoms with Gasteiger partial charge in [0.15, 0.2) is 0 Å². The average molecular weight is 305 g/mol. The molecule has 0 bridgehead atoms. The van der Waals surface area contributed by atoms with Crippen LogP contribution in [0.1, 0.15) is 65.2 Å². The first kappa shape index (κ1) is 17.2. The Bertz CT molecular complexity index is 251. The largest absolute Gasteiger partial charge is 0.466 e. The Labute approximate surface area is 126 Å². The highest BCUT2D eigenvalue weighted by atomic mass is 32.2. The summed E-state index contributed by atoms with van der Waals surface area (Å²) in [5.74, 6) is 2.34. The molecule has 0 unspecified atom stereocenters. The van der Waals surface area contributed by atoms with Gasteiger partial charge >= 0.3 is 5.97 Å². The molecule has 1 heterocycles. The van der Waals surface area contributed by atoms with Crippen molar-refractivity contribution in [2.45, 2.75) is 69.3 Å². The van der Waals surface area contributed by atoms with Crippen LogP contribution >= 0.6 is 23.5 Å². The summed E-state index contributed by atoms with van der Waals surface area (Å²) in [6, 6.07) is 0. The van der Waals surface area contributed by atoms with Gasteiger partial charge in [-0.2, -0.15) is 0 Å². The van der Waals surface area contributed by atoms with Crippen molar-refractivity contribution in [1.82, 2.24) is 0 Å². The second-order valence-corrected chi connectivity index (χ2v) is 8.32. The summed E-state index contributed by atoms with van der Waals surface area (Å²) in [6.07, 6.45) is 9.68. The molecule has 112 valence electrons. The van der Waals surface area contributed by atoms with Crippen LogP contribution in [0.15, 0.2) is 0 Å². The number of rotatable bonds is 10. The minimum absolute atomic E-state index is 0.0182. The van der Waals surface area contributed by atoms with Gasteiger partial charge in [0.2, 0.25) is 0 Å². The second kappa shape index (κ2) is 9.98. The Morgan fingerprint density at radius 1 is 1.05 bits per heavy atom. The molecular formula is C15H28O2S2. The van der Waals surface area contributed by atoms with E-state index in [9.17, 15) is 4.79 Å². The first-order valence-corrected chi connectivity index (χ1v) is 9.63. The molecule has 4 heteroatoms. The van der Waals surface area contributed by atoms with E-state index in [2.05, 4.69) is 6.92 Å². The van der Waals surface area contributed by atoms with Gasteiger partial charge in [0.1, 0.15) is 0 Å². The number of esters is 1. The summed E-state index contributed by atoms with van der Waals surface area (Å²) < 4.78 is 5.24. The molecule has 1 aliphatic rings. The van der Waals surface area contributed by atoms with Gasteiger partial charge in [-0.25, -0.2) is 0 Å². The van der Waals surface area contributed by atoms with Gasteiger partial charge in [-0.3, -0.25) is 4.79 Å². The van der Waals surface area contributed by atoms with E-state index >= 15 is 0 Å². The summed E-state index contributed by atoms with van der Waals surface area (Å²) in [7, 11) is 0. The maximum atomic E-state index is 11.7. The average Bonchev–Trinajstić information content (AvgIpc) is 2.82. The van der Waals surface area contributed by atoms with E-state index in [1.54, 1.807) is 0 Å². The van der Waals surface area contributed by atoms with E-state index in [4.69, 9.17) is 4.74 Å². The van der Waals surface area contributed by atoms with E-state index in [0.717, 1.165) is 6.42 Å². The number of thioether (sulfide) groups is 2. The molecule has 0 aromatic rings. The number of unbranched alkanes of at least 4 members (excludes halogenated alkanes) is 5. The molecule has 1 aliphatic heterocycles.